The molecule has 3 rings (SSSR count). The number of nitro benzene ring substituents is 1. The van der Waals surface area contributed by atoms with E-state index in [1.165, 1.54) is 6.07 Å². The highest BCUT2D eigenvalue weighted by molar-refractivity contribution is 6.31. The first-order valence-corrected chi connectivity index (χ1v) is 8.49. The molecule has 2 aromatic carbocycles. The van der Waals surface area contributed by atoms with Crippen molar-refractivity contribution < 1.29 is 4.92 Å². The molecular weight excluding hydrogens is 340 g/mol. The quantitative estimate of drug-likeness (QED) is 0.467. The predicted octanol–water partition coefficient (Wildman–Crippen LogP) is 3.40. The summed E-state index contributed by atoms with van der Waals surface area (Å²) in [6.45, 7) is 4.13. The van der Waals surface area contributed by atoms with Gasteiger partial charge in [-0.25, -0.2) is 0 Å². The van der Waals surface area contributed by atoms with Gasteiger partial charge >= 0.3 is 0 Å². The molecule has 7 heteroatoms. The molecule has 0 bridgehead atoms. The van der Waals surface area contributed by atoms with Gasteiger partial charge in [0.05, 0.1) is 16.7 Å². The third kappa shape index (κ3) is 4.55. The lowest BCUT2D eigenvalue weighted by atomic mass is 10.2. The van der Waals surface area contributed by atoms with Gasteiger partial charge in [0.15, 0.2) is 0 Å². The Bertz CT molecular complexity index is 773. The average molecular weight is 359 g/mol. The Labute approximate surface area is 151 Å². The number of halogens is 1. The second-order valence-corrected chi connectivity index (χ2v) is 6.29. The van der Waals surface area contributed by atoms with E-state index in [0.717, 1.165) is 43.3 Å². The minimum atomic E-state index is -0.386. The Morgan fingerprint density at radius 1 is 1.08 bits per heavy atom. The maximum Gasteiger partial charge on any atom is 0.278 e. The SMILES string of the molecule is O=[N+]([O-])c1ccccc1/C=N/N1CCN(Cc2ccccc2Cl)CC1. The minimum Gasteiger partial charge on any atom is -0.295 e. The fourth-order valence-corrected chi connectivity index (χ4v) is 2.98. The molecular formula is C18H19ClN4O2. The molecule has 0 aliphatic carbocycles. The summed E-state index contributed by atoms with van der Waals surface area (Å²) in [7, 11) is 0. The van der Waals surface area contributed by atoms with Crippen molar-refractivity contribution in [1.29, 1.82) is 0 Å². The number of benzene rings is 2. The molecule has 0 radical (unpaired) electrons. The van der Waals surface area contributed by atoms with E-state index in [-0.39, 0.29) is 10.6 Å². The van der Waals surface area contributed by atoms with Gasteiger partial charge in [0.25, 0.3) is 5.69 Å². The van der Waals surface area contributed by atoms with Crippen LogP contribution in [0.15, 0.2) is 53.6 Å². The lowest BCUT2D eigenvalue weighted by Crippen LogP contribution is -2.43. The van der Waals surface area contributed by atoms with Crippen molar-refractivity contribution in [3.05, 3.63) is 74.8 Å². The average Bonchev–Trinajstić information content (AvgIpc) is 2.63. The topological polar surface area (TPSA) is 62.0 Å². The van der Waals surface area contributed by atoms with E-state index in [2.05, 4.69) is 10.0 Å². The molecule has 2 aromatic rings. The monoisotopic (exact) mass is 358 g/mol. The largest absolute Gasteiger partial charge is 0.295 e. The lowest BCUT2D eigenvalue weighted by Gasteiger charge is -2.33. The van der Waals surface area contributed by atoms with Crippen LogP contribution in [-0.4, -0.2) is 47.2 Å². The summed E-state index contributed by atoms with van der Waals surface area (Å²) >= 11 is 6.21. The minimum absolute atomic E-state index is 0.0728. The molecule has 1 saturated heterocycles. The van der Waals surface area contributed by atoms with Crippen LogP contribution in [0.5, 0.6) is 0 Å². The molecule has 0 amide bonds. The number of para-hydroxylation sites is 1. The van der Waals surface area contributed by atoms with Crippen molar-refractivity contribution in [2.75, 3.05) is 26.2 Å². The van der Waals surface area contributed by atoms with Gasteiger partial charge in [-0.2, -0.15) is 5.10 Å². The number of hydrazone groups is 1. The van der Waals surface area contributed by atoms with Gasteiger partial charge in [-0.1, -0.05) is 41.9 Å². The van der Waals surface area contributed by atoms with Crippen LogP contribution in [0.3, 0.4) is 0 Å². The van der Waals surface area contributed by atoms with Gasteiger partial charge in [-0.15, -0.1) is 0 Å². The Balaban J connectivity index is 1.56. The van der Waals surface area contributed by atoms with Crippen LogP contribution in [0.1, 0.15) is 11.1 Å². The fraction of sp³-hybridized carbons (Fsp3) is 0.278. The van der Waals surface area contributed by atoms with Crippen LogP contribution in [0.2, 0.25) is 5.02 Å². The Kier molecular flexibility index (Phi) is 5.63. The Morgan fingerprint density at radius 2 is 1.76 bits per heavy atom. The van der Waals surface area contributed by atoms with E-state index < -0.39 is 0 Å². The van der Waals surface area contributed by atoms with Crippen molar-refractivity contribution in [2.24, 2.45) is 5.10 Å². The molecule has 1 fully saturated rings. The summed E-state index contributed by atoms with van der Waals surface area (Å²) in [5.74, 6) is 0. The molecule has 0 spiro atoms. The number of hydrogen-bond donors (Lipinski definition) is 0. The van der Waals surface area contributed by atoms with E-state index in [0.29, 0.717) is 5.56 Å². The van der Waals surface area contributed by atoms with Gasteiger partial charge < -0.3 is 0 Å². The van der Waals surface area contributed by atoms with Crippen LogP contribution in [0.4, 0.5) is 5.69 Å². The molecule has 0 atom stereocenters. The van der Waals surface area contributed by atoms with E-state index in [4.69, 9.17) is 11.6 Å². The first-order chi connectivity index (χ1) is 12.1. The number of piperazine rings is 1. The van der Waals surface area contributed by atoms with Crippen LogP contribution < -0.4 is 0 Å². The highest BCUT2D eigenvalue weighted by Crippen LogP contribution is 2.18. The van der Waals surface area contributed by atoms with Crippen LogP contribution in [0, 0.1) is 10.1 Å². The number of nitro groups is 1. The highest BCUT2D eigenvalue weighted by atomic mass is 35.5. The van der Waals surface area contributed by atoms with Gasteiger partial charge in [-0.3, -0.25) is 20.0 Å². The summed E-state index contributed by atoms with van der Waals surface area (Å²) in [5.41, 5.74) is 1.72. The maximum atomic E-state index is 11.0. The third-order valence-electron chi connectivity index (χ3n) is 4.19. The zero-order chi connectivity index (χ0) is 17.6. The molecule has 1 aliphatic rings. The second kappa shape index (κ2) is 8.09. The molecule has 1 aliphatic heterocycles. The zero-order valence-corrected chi connectivity index (χ0v) is 14.5. The van der Waals surface area contributed by atoms with Gasteiger partial charge in [0, 0.05) is 43.8 Å². The number of hydrogen-bond acceptors (Lipinski definition) is 5. The van der Waals surface area contributed by atoms with Crippen molar-refractivity contribution in [3.8, 4) is 0 Å². The van der Waals surface area contributed by atoms with Crippen molar-refractivity contribution in [1.82, 2.24) is 9.91 Å². The first kappa shape index (κ1) is 17.4. The van der Waals surface area contributed by atoms with Crippen LogP contribution in [-0.2, 0) is 6.54 Å². The Hall–Kier alpha value is -2.44. The van der Waals surface area contributed by atoms with E-state index in [9.17, 15) is 10.1 Å². The van der Waals surface area contributed by atoms with E-state index >= 15 is 0 Å². The third-order valence-corrected chi connectivity index (χ3v) is 4.56. The highest BCUT2D eigenvalue weighted by Gasteiger charge is 2.17. The van der Waals surface area contributed by atoms with Crippen molar-refractivity contribution in [2.45, 2.75) is 6.54 Å². The fourth-order valence-electron chi connectivity index (χ4n) is 2.79. The summed E-state index contributed by atoms with van der Waals surface area (Å²) < 4.78 is 0. The molecule has 0 N–H and O–H groups in total. The summed E-state index contributed by atoms with van der Waals surface area (Å²) in [6, 6.07) is 14.5. The molecule has 0 unspecified atom stereocenters. The Morgan fingerprint density at radius 3 is 2.48 bits per heavy atom. The molecule has 130 valence electrons. The maximum absolute atomic E-state index is 11.0. The first-order valence-electron chi connectivity index (χ1n) is 8.11. The number of nitrogens with zero attached hydrogens (tertiary/aromatic N) is 4. The molecule has 1 heterocycles. The van der Waals surface area contributed by atoms with Crippen LogP contribution >= 0.6 is 11.6 Å². The molecule has 6 nitrogen and oxygen atoms in total. The van der Waals surface area contributed by atoms with Gasteiger partial charge in [-0.05, 0) is 17.7 Å². The summed E-state index contributed by atoms with van der Waals surface area (Å²) in [6.07, 6.45) is 1.57. The summed E-state index contributed by atoms with van der Waals surface area (Å²) in [4.78, 5) is 13.0. The van der Waals surface area contributed by atoms with Crippen molar-refractivity contribution >= 4 is 23.5 Å². The van der Waals surface area contributed by atoms with Crippen molar-refractivity contribution in [3.63, 3.8) is 0 Å². The van der Waals surface area contributed by atoms with E-state index in [1.54, 1.807) is 24.4 Å². The van der Waals surface area contributed by atoms with Gasteiger partial charge in [0.1, 0.15) is 0 Å². The summed E-state index contributed by atoms with van der Waals surface area (Å²) in [5, 5.41) is 18.2. The smallest absolute Gasteiger partial charge is 0.278 e. The van der Waals surface area contributed by atoms with Gasteiger partial charge in [0.2, 0.25) is 0 Å². The molecule has 0 aromatic heterocycles. The molecule has 25 heavy (non-hydrogen) atoms. The van der Waals surface area contributed by atoms with Crippen LogP contribution in [0.25, 0.3) is 0 Å². The zero-order valence-electron chi connectivity index (χ0n) is 13.7. The molecule has 0 saturated carbocycles. The normalized spacial score (nSPS) is 15.6. The predicted molar refractivity (Wildman–Crippen MR) is 99.0 cm³/mol. The lowest BCUT2D eigenvalue weighted by molar-refractivity contribution is -0.385. The standard InChI is InChI=1S/C18H19ClN4O2/c19-17-7-3-1-6-16(17)14-21-9-11-22(12-10-21)20-13-15-5-2-4-8-18(15)23(24)25/h1-8,13H,9-12,14H2/b20-13+. The second-order valence-electron chi connectivity index (χ2n) is 5.88. The number of rotatable bonds is 5. The van der Waals surface area contributed by atoms with E-state index in [1.807, 2.05) is 29.3 Å².